The van der Waals surface area contributed by atoms with Crippen molar-refractivity contribution in [2.45, 2.75) is 57.7 Å². The van der Waals surface area contributed by atoms with Crippen molar-refractivity contribution in [1.82, 2.24) is 24.6 Å². The predicted molar refractivity (Wildman–Crippen MR) is 89.5 cm³/mol. The lowest BCUT2D eigenvalue weighted by Gasteiger charge is -2.29. The van der Waals surface area contributed by atoms with Gasteiger partial charge in [-0.1, -0.05) is 0 Å². The quantitative estimate of drug-likeness (QED) is 0.842. The van der Waals surface area contributed by atoms with Gasteiger partial charge in [0, 0.05) is 19.1 Å². The molecule has 1 saturated heterocycles. The van der Waals surface area contributed by atoms with Crippen LogP contribution in [-0.4, -0.2) is 56.7 Å². The fourth-order valence-electron chi connectivity index (χ4n) is 4.25. The van der Waals surface area contributed by atoms with Gasteiger partial charge in [0.25, 0.3) is 0 Å². The normalized spacial score (nSPS) is 27.2. The number of aromatic amines is 1. The molecule has 1 amide bonds. The molecule has 0 radical (unpaired) electrons. The van der Waals surface area contributed by atoms with E-state index in [1.54, 1.807) is 4.57 Å². The van der Waals surface area contributed by atoms with E-state index in [9.17, 15) is 9.59 Å². The Bertz CT molecular complexity index is 673. The first-order valence-electron chi connectivity index (χ1n) is 9.25. The summed E-state index contributed by atoms with van der Waals surface area (Å²) in [5.41, 5.74) is -0.170. The van der Waals surface area contributed by atoms with Crippen molar-refractivity contribution in [3.05, 3.63) is 16.3 Å². The number of likely N-dealkylation sites (N-methyl/N-ethyl adjacent to an activating group) is 1. The third-order valence-corrected chi connectivity index (χ3v) is 5.92. The van der Waals surface area contributed by atoms with E-state index in [1.165, 1.54) is 25.7 Å². The highest BCUT2D eigenvalue weighted by Gasteiger charge is 2.47. The maximum absolute atomic E-state index is 12.9. The second kappa shape index (κ2) is 6.02. The highest BCUT2D eigenvalue weighted by Crippen LogP contribution is 2.49. The summed E-state index contributed by atoms with van der Waals surface area (Å²) in [6.45, 7) is 3.80. The van der Waals surface area contributed by atoms with Crippen LogP contribution in [0.15, 0.2) is 4.79 Å². The molecule has 0 aromatic carbocycles. The number of likely N-dealkylation sites (tertiary alicyclic amines) is 1. The lowest BCUT2D eigenvalue weighted by Crippen LogP contribution is -2.41. The number of hydrogen-bond donors (Lipinski definition) is 1. The van der Waals surface area contributed by atoms with E-state index >= 15 is 0 Å². The Labute approximate surface area is 142 Å². The van der Waals surface area contributed by atoms with Gasteiger partial charge in [-0.3, -0.25) is 14.3 Å². The van der Waals surface area contributed by atoms with E-state index in [-0.39, 0.29) is 17.6 Å². The minimum absolute atomic E-state index is 0.0449. The Balaban J connectivity index is 1.60. The first-order valence-corrected chi connectivity index (χ1v) is 9.25. The molecule has 2 unspecified atom stereocenters. The van der Waals surface area contributed by atoms with Crippen molar-refractivity contribution in [1.29, 1.82) is 0 Å². The number of hydrogen-bond acceptors (Lipinski definition) is 4. The number of amides is 1. The maximum Gasteiger partial charge on any atom is 0.343 e. The van der Waals surface area contributed by atoms with Gasteiger partial charge in [0.05, 0.1) is 12.6 Å². The highest BCUT2D eigenvalue weighted by atomic mass is 16.2. The second-order valence-electron chi connectivity index (χ2n) is 7.60. The zero-order valence-corrected chi connectivity index (χ0v) is 14.6. The Kier molecular flexibility index (Phi) is 3.98. The summed E-state index contributed by atoms with van der Waals surface area (Å²) in [7, 11) is 2.04. The van der Waals surface area contributed by atoms with Crippen LogP contribution in [0, 0.1) is 11.8 Å². The van der Waals surface area contributed by atoms with Gasteiger partial charge in [-0.05, 0) is 57.9 Å². The third kappa shape index (κ3) is 2.79. The van der Waals surface area contributed by atoms with Gasteiger partial charge in [0.1, 0.15) is 0 Å². The first kappa shape index (κ1) is 15.9. The van der Waals surface area contributed by atoms with E-state index in [0.717, 1.165) is 18.8 Å². The molecule has 7 nitrogen and oxygen atoms in total. The molecule has 3 fully saturated rings. The van der Waals surface area contributed by atoms with Crippen molar-refractivity contribution in [2.24, 2.45) is 11.8 Å². The van der Waals surface area contributed by atoms with Crippen molar-refractivity contribution in [2.75, 3.05) is 20.1 Å². The van der Waals surface area contributed by atoms with E-state index in [2.05, 4.69) is 15.1 Å². The Hall–Kier alpha value is -1.63. The van der Waals surface area contributed by atoms with Crippen LogP contribution >= 0.6 is 0 Å². The lowest BCUT2D eigenvalue weighted by molar-refractivity contribution is -0.133. The average Bonchev–Trinajstić information content (AvgIpc) is 3.48. The van der Waals surface area contributed by atoms with Crippen molar-refractivity contribution in [3.8, 4) is 0 Å². The third-order valence-electron chi connectivity index (χ3n) is 5.92. The molecule has 2 saturated carbocycles. The number of H-pyrrole nitrogens is 1. The van der Waals surface area contributed by atoms with Crippen LogP contribution in [0.5, 0.6) is 0 Å². The van der Waals surface area contributed by atoms with E-state index in [1.807, 2.05) is 18.9 Å². The fraction of sp³-hybridized carbons (Fsp3) is 0.824. The minimum Gasteiger partial charge on any atom is -0.331 e. The van der Waals surface area contributed by atoms with E-state index < -0.39 is 0 Å². The minimum atomic E-state index is -0.170. The summed E-state index contributed by atoms with van der Waals surface area (Å²) in [5.74, 6) is 2.06. The van der Waals surface area contributed by atoms with E-state index in [4.69, 9.17) is 0 Å². The molecule has 1 aromatic heterocycles. The molecule has 2 aliphatic carbocycles. The first-order chi connectivity index (χ1) is 11.6. The fourth-order valence-corrected chi connectivity index (χ4v) is 4.25. The molecule has 2 atom stereocenters. The standard InChI is InChI=1S/C17H27N5O2/c1-3-21-16(18-19-17(21)24)15-13(11-4-5-11)8-9-22(15)14(23)10-20(2)12-6-7-12/h11-13,15H,3-10H2,1-2H3,(H,19,24). The molecule has 132 valence electrons. The Morgan fingerprint density at radius 3 is 2.67 bits per heavy atom. The van der Waals surface area contributed by atoms with Crippen LogP contribution in [0.3, 0.4) is 0 Å². The molecular formula is C17H27N5O2. The molecule has 4 rings (SSSR count). The number of carbonyl (C=O) groups excluding carboxylic acids is 1. The van der Waals surface area contributed by atoms with Gasteiger partial charge < -0.3 is 4.90 Å². The zero-order chi connectivity index (χ0) is 16.8. The SMILES string of the molecule is CCn1c(C2C(C3CC3)CCN2C(=O)CN(C)C2CC2)n[nH]c1=O. The molecule has 1 aromatic rings. The molecule has 1 N–H and O–H groups in total. The zero-order valence-electron chi connectivity index (χ0n) is 14.6. The number of carbonyl (C=O) groups is 1. The molecule has 3 aliphatic rings. The van der Waals surface area contributed by atoms with Crippen LogP contribution < -0.4 is 5.69 Å². The smallest absolute Gasteiger partial charge is 0.331 e. The number of aromatic nitrogens is 3. The monoisotopic (exact) mass is 333 g/mol. The van der Waals surface area contributed by atoms with Crippen molar-refractivity contribution >= 4 is 5.91 Å². The predicted octanol–water partition coefficient (Wildman–Crippen LogP) is 0.985. The number of rotatable bonds is 6. The summed E-state index contributed by atoms with van der Waals surface area (Å²) in [4.78, 5) is 29.1. The van der Waals surface area contributed by atoms with Gasteiger partial charge in [0.2, 0.25) is 5.91 Å². The van der Waals surface area contributed by atoms with Crippen LogP contribution in [0.2, 0.25) is 0 Å². The van der Waals surface area contributed by atoms with Gasteiger partial charge in [0.15, 0.2) is 5.82 Å². The van der Waals surface area contributed by atoms with Gasteiger partial charge in [-0.25, -0.2) is 9.89 Å². The highest BCUT2D eigenvalue weighted by molar-refractivity contribution is 5.79. The van der Waals surface area contributed by atoms with Gasteiger partial charge in [-0.2, -0.15) is 5.10 Å². The maximum atomic E-state index is 12.9. The van der Waals surface area contributed by atoms with Crippen LogP contribution in [0.1, 0.15) is 50.9 Å². The molecular weight excluding hydrogens is 306 g/mol. The summed E-state index contributed by atoms with van der Waals surface area (Å²) in [5, 5.41) is 6.89. The van der Waals surface area contributed by atoms with Gasteiger partial charge in [-0.15, -0.1) is 0 Å². The summed E-state index contributed by atoms with van der Waals surface area (Å²) in [6, 6.07) is 0.532. The second-order valence-corrected chi connectivity index (χ2v) is 7.60. The largest absolute Gasteiger partial charge is 0.343 e. The molecule has 1 aliphatic heterocycles. The number of nitrogens with zero attached hydrogens (tertiary/aromatic N) is 4. The molecule has 24 heavy (non-hydrogen) atoms. The number of nitrogens with one attached hydrogen (secondary N) is 1. The Morgan fingerprint density at radius 1 is 1.29 bits per heavy atom. The van der Waals surface area contributed by atoms with E-state index in [0.29, 0.717) is 31.0 Å². The molecule has 7 heteroatoms. The Morgan fingerprint density at radius 2 is 2.04 bits per heavy atom. The van der Waals surface area contributed by atoms with Gasteiger partial charge >= 0.3 is 5.69 Å². The summed E-state index contributed by atoms with van der Waals surface area (Å²) >= 11 is 0. The summed E-state index contributed by atoms with van der Waals surface area (Å²) in [6.07, 6.45) is 5.91. The van der Waals surface area contributed by atoms with Crippen LogP contribution in [0.4, 0.5) is 0 Å². The van der Waals surface area contributed by atoms with Crippen LogP contribution in [0.25, 0.3) is 0 Å². The lowest BCUT2D eigenvalue weighted by atomic mass is 9.94. The topological polar surface area (TPSA) is 74.2 Å². The molecule has 0 bridgehead atoms. The summed E-state index contributed by atoms with van der Waals surface area (Å²) < 4.78 is 1.69. The van der Waals surface area contributed by atoms with Crippen LogP contribution in [-0.2, 0) is 11.3 Å². The van der Waals surface area contributed by atoms with Crippen molar-refractivity contribution in [3.63, 3.8) is 0 Å². The average molecular weight is 333 g/mol. The molecule has 0 spiro atoms. The van der Waals surface area contributed by atoms with Crippen molar-refractivity contribution < 1.29 is 4.79 Å². The molecule has 2 heterocycles.